The number of Topliss-reactive ketones (excluding diaryl/α,β-unsaturated/α-hetero) is 1. The number of nitrogens with one attached hydrogen (secondary N) is 1. The van der Waals surface area contributed by atoms with Crippen molar-refractivity contribution in [1.29, 1.82) is 5.26 Å². The Balaban J connectivity index is 2.09. The molecule has 0 aliphatic heterocycles. The van der Waals surface area contributed by atoms with Crippen LogP contribution in [0.5, 0.6) is 0 Å². The number of hydrogen-bond acceptors (Lipinski definition) is 3. The molecule has 0 aliphatic carbocycles. The van der Waals surface area contributed by atoms with Crippen molar-refractivity contribution in [2.24, 2.45) is 0 Å². The summed E-state index contributed by atoms with van der Waals surface area (Å²) in [5.41, 5.74) is 1.31. The molecule has 4 heteroatoms. The zero-order chi connectivity index (χ0) is 13.7. The molecule has 1 amide bonds. The van der Waals surface area contributed by atoms with Crippen molar-refractivity contribution in [3.05, 3.63) is 65.7 Å². The summed E-state index contributed by atoms with van der Waals surface area (Å²) in [4.78, 5) is 23.5. The fraction of sp³-hybridized carbons (Fsp3) is 0. The van der Waals surface area contributed by atoms with Crippen molar-refractivity contribution < 1.29 is 9.59 Å². The number of nitriles is 1. The highest BCUT2D eigenvalue weighted by atomic mass is 16.2. The Hall–Kier alpha value is -2.93. The van der Waals surface area contributed by atoms with Crippen molar-refractivity contribution in [2.75, 3.05) is 5.32 Å². The predicted octanol–water partition coefficient (Wildman–Crippen LogP) is 2.38. The molecule has 0 aliphatic rings. The molecule has 0 atom stereocenters. The van der Waals surface area contributed by atoms with Gasteiger partial charge in [-0.25, -0.2) is 0 Å². The lowest BCUT2D eigenvalue weighted by Gasteiger charge is -2.04. The maximum Gasteiger partial charge on any atom is 0.296 e. The minimum atomic E-state index is -0.698. The van der Waals surface area contributed by atoms with Gasteiger partial charge in [-0.1, -0.05) is 30.3 Å². The topological polar surface area (TPSA) is 70.0 Å². The van der Waals surface area contributed by atoms with Gasteiger partial charge in [0.15, 0.2) is 0 Å². The van der Waals surface area contributed by atoms with E-state index in [1.165, 1.54) is 0 Å². The van der Waals surface area contributed by atoms with Gasteiger partial charge in [0.1, 0.15) is 0 Å². The highest BCUT2D eigenvalue weighted by molar-refractivity contribution is 6.46. The molecule has 0 radical (unpaired) electrons. The quantitative estimate of drug-likeness (QED) is 0.671. The first-order valence-electron chi connectivity index (χ1n) is 5.61. The summed E-state index contributed by atoms with van der Waals surface area (Å²) in [6, 6.07) is 16.6. The fourth-order valence-corrected chi connectivity index (χ4v) is 1.54. The van der Waals surface area contributed by atoms with Gasteiger partial charge in [0, 0.05) is 11.3 Å². The summed E-state index contributed by atoms with van der Waals surface area (Å²) in [5.74, 6) is -1.29. The van der Waals surface area contributed by atoms with Crippen LogP contribution in [0.25, 0.3) is 0 Å². The number of benzene rings is 2. The van der Waals surface area contributed by atoms with Crippen LogP contribution in [0.2, 0.25) is 0 Å². The molecule has 0 saturated heterocycles. The number of hydrogen-bond donors (Lipinski definition) is 1. The van der Waals surface area contributed by atoms with E-state index in [1.807, 2.05) is 6.07 Å². The second kappa shape index (κ2) is 5.61. The standard InChI is InChI=1S/C15H10N2O2/c16-10-11-6-8-13(9-7-11)17-15(19)14(18)12-4-2-1-3-5-12/h1-9H,(H,17,19). The maximum atomic E-state index is 11.8. The smallest absolute Gasteiger partial charge is 0.296 e. The summed E-state index contributed by atoms with van der Waals surface area (Å²) < 4.78 is 0. The highest BCUT2D eigenvalue weighted by Gasteiger charge is 2.15. The van der Waals surface area contributed by atoms with Crippen LogP contribution < -0.4 is 5.32 Å². The van der Waals surface area contributed by atoms with E-state index in [0.29, 0.717) is 16.8 Å². The molecule has 0 aromatic heterocycles. The summed E-state index contributed by atoms with van der Waals surface area (Å²) >= 11 is 0. The number of anilines is 1. The van der Waals surface area contributed by atoms with E-state index >= 15 is 0 Å². The lowest BCUT2D eigenvalue weighted by molar-refractivity contribution is -0.112. The van der Waals surface area contributed by atoms with Crippen LogP contribution in [0.3, 0.4) is 0 Å². The van der Waals surface area contributed by atoms with Crippen molar-refractivity contribution in [3.8, 4) is 6.07 Å². The normalized spacial score (nSPS) is 9.42. The predicted molar refractivity (Wildman–Crippen MR) is 70.6 cm³/mol. The van der Waals surface area contributed by atoms with Crippen LogP contribution in [0, 0.1) is 11.3 Å². The monoisotopic (exact) mass is 250 g/mol. The van der Waals surface area contributed by atoms with E-state index in [9.17, 15) is 9.59 Å². The van der Waals surface area contributed by atoms with Gasteiger partial charge in [0.2, 0.25) is 0 Å². The molecule has 0 unspecified atom stereocenters. The first kappa shape index (κ1) is 12.5. The molecule has 0 saturated carbocycles. The second-order valence-corrected chi connectivity index (χ2v) is 3.84. The first-order chi connectivity index (χ1) is 9.20. The van der Waals surface area contributed by atoms with Crippen molar-refractivity contribution in [2.45, 2.75) is 0 Å². The van der Waals surface area contributed by atoms with Gasteiger partial charge >= 0.3 is 0 Å². The molecule has 92 valence electrons. The Morgan fingerprint density at radius 1 is 0.947 bits per heavy atom. The van der Waals surface area contributed by atoms with Gasteiger partial charge in [0.25, 0.3) is 11.7 Å². The number of carbonyl (C=O) groups excluding carboxylic acids is 2. The first-order valence-corrected chi connectivity index (χ1v) is 5.61. The van der Waals surface area contributed by atoms with Crippen LogP contribution in [0.1, 0.15) is 15.9 Å². The lowest BCUT2D eigenvalue weighted by atomic mass is 10.1. The molecule has 0 fully saturated rings. The van der Waals surface area contributed by atoms with Crippen LogP contribution >= 0.6 is 0 Å². The zero-order valence-corrected chi connectivity index (χ0v) is 9.96. The lowest BCUT2D eigenvalue weighted by Crippen LogP contribution is -2.22. The molecular weight excluding hydrogens is 240 g/mol. The van der Waals surface area contributed by atoms with E-state index in [1.54, 1.807) is 54.6 Å². The molecule has 2 aromatic carbocycles. The largest absolute Gasteiger partial charge is 0.319 e. The van der Waals surface area contributed by atoms with Gasteiger partial charge in [0.05, 0.1) is 11.6 Å². The van der Waals surface area contributed by atoms with Crippen molar-refractivity contribution >= 4 is 17.4 Å². The zero-order valence-electron chi connectivity index (χ0n) is 9.96. The molecule has 4 nitrogen and oxygen atoms in total. The van der Waals surface area contributed by atoms with Crippen LogP contribution in [-0.2, 0) is 4.79 Å². The molecule has 2 rings (SSSR count). The van der Waals surface area contributed by atoms with E-state index in [2.05, 4.69) is 5.32 Å². The minimum Gasteiger partial charge on any atom is -0.319 e. The van der Waals surface area contributed by atoms with Crippen LogP contribution in [0.4, 0.5) is 5.69 Å². The molecule has 0 spiro atoms. The van der Waals surface area contributed by atoms with Crippen LogP contribution in [0.15, 0.2) is 54.6 Å². The van der Waals surface area contributed by atoms with E-state index < -0.39 is 11.7 Å². The van der Waals surface area contributed by atoms with Gasteiger partial charge in [-0.15, -0.1) is 0 Å². The van der Waals surface area contributed by atoms with Crippen molar-refractivity contribution in [3.63, 3.8) is 0 Å². The summed E-state index contributed by atoms with van der Waals surface area (Å²) in [5, 5.41) is 11.1. The number of amides is 1. The summed E-state index contributed by atoms with van der Waals surface area (Å²) in [7, 11) is 0. The van der Waals surface area contributed by atoms with Gasteiger partial charge < -0.3 is 5.32 Å². The molecule has 19 heavy (non-hydrogen) atoms. The fourth-order valence-electron chi connectivity index (χ4n) is 1.54. The van der Waals surface area contributed by atoms with Gasteiger partial charge in [-0.2, -0.15) is 5.26 Å². The Kier molecular flexibility index (Phi) is 3.70. The SMILES string of the molecule is N#Cc1ccc(NC(=O)C(=O)c2ccccc2)cc1. The number of ketones is 1. The molecular formula is C15H10N2O2. The number of carbonyl (C=O) groups is 2. The van der Waals surface area contributed by atoms with E-state index in [-0.39, 0.29) is 0 Å². The second-order valence-electron chi connectivity index (χ2n) is 3.84. The van der Waals surface area contributed by atoms with Gasteiger partial charge in [-0.3, -0.25) is 9.59 Å². The summed E-state index contributed by atoms with van der Waals surface area (Å²) in [6.45, 7) is 0. The average molecular weight is 250 g/mol. The third kappa shape index (κ3) is 3.05. The Labute approximate surface area is 110 Å². The Morgan fingerprint density at radius 3 is 2.16 bits per heavy atom. The number of rotatable bonds is 3. The highest BCUT2D eigenvalue weighted by Crippen LogP contribution is 2.10. The average Bonchev–Trinajstić information content (AvgIpc) is 2.48. The molecule has 1 N–H and O–H groups in total. The van der Waals surface area contributed by atoms with Crippen molar-refractivity contribution in [1.82, 2.24) is 0 Å². The minimum absolute atomic E-state index is 0.341. The Morgan fingerprint density at radius 2 is 1.58 bits per heavy atom. The summed E-state index contributed by atoms with van der Waals surface area (Å²) in [6.07, 6.45) is 0. The molecule has 0 bridgehead atoms. The van der Waals surface area contributed by atoms with E-state index in [0.717, 1.165) is 0 Å². The maximum absolute atomic E-state index is 11.8. The third-order valence-electron chi connectivity index (χ3n) is 2.51. The van der Waals surface area contributed by atoms with Gasteiger partial charge in [-0.05, 0) is 24.3 Å². The third-order valence-corrected chi connectivity index (χ3v) is 2.51. The molecule has 0 heterocycles. The Bertz CT molecular complexity index is 640. The van der Waals surface area contributed by atoms with E-state index in [4.69, 9.17) is 5.26 Å². The molecule has 2 aromatic rings. The van der Waals surface area contributed by atoms with Crippen LogP contribution in [-0.4, -0.2) is 11.7 Å². The number of nitrogens with zero attached hydrogens (tertiary/aromatic N) is 1.